The Hall–Kier alpha value is -2.95. The van der Waals surface area contributed by atoms with E-state index >= 15 is 4.39 Å². The lowest BCUT2D eigenvalue weighted by Crippen LogP contribution is -2.43. The third-order valence-corrected chi connectivity index (χ3v) is 15.4. The predicted octanol–water partition coefficient (Wildman–Crippen LogP) is 6.17. The Balaban J connectivity index is 0.903. The van der Waals surface area contributed by atoms with Crippen molar-refractivity contribution >= 4 is 39.3 Å². The molecule has 5 fully saturated rings. The number of aliphatic hydroxyl groups excluding tert-OH is 3. The number of anilines is 1. The normalized spacial score (nSPS) is 35.0. The maximum absolute atomic E-state index is 15.4. The van der Waals surface area contributed by atoms with E-state index in [1.165, 1.54) is 52.3 Å². The van der Waals surface area contributed by atoms with Crippen LogP contribution in [-0.4, -0.2) is 91.1 Å². The van der Waals surface area contributed by atoms with Crippen LogP contribution < -0.4 is 11.4 Å². The highest BCUT2D eigenvalue weighted by atomic mass is 33.1. The Bertz CT molecular complexity index is 1810. The number of nitrogen functional groups attached to an aromatic ring is 1. The summed E-state index contributed by atoms with van der Waals surface area (Å²) in [5.41, 5.74) is 5.62. The zero-order valence-electron chi connectivity index (χ0n) is 33.8. The summed E-state index contributed by atoms with van der Waals surface area (Å²) in [4.78, 5) is 41.0. The highest BCUT2D eigenvalue weighted by Crippen LogP contribution is 2.59. The molecule has 2 heterocycles. The number of alkyl halides is 1. The SMILES string of the molecule is C=C1/C(=C\C=C2/CCC[C@@]3(C)C2CCC3[C@@H](C)/C=C/C(O)C2CC2)C[C@@H](O)C[C@@H]1OC(=O)CCSSCCC(=O)OCC1OC(n2ccc(N)nc2=O)C(C)(F)C1O. The highest BCUT2D eigenvalue weighted by molar-refractivity contribution is 8.76. The molecule has 4 aliphatic carbocycles. The molecule has 15 heteroatoms. The molecule has 1 aromatic heterocycles. The molecule has 1 aromatic rings. The molecule has 4 saturated carbocycles. The van der Waals surface area contributed by atoms with Crippen molar-refractivity contribution in [1.82, 2.24) is 9.55 Å². The number of carbonyl (C=O) groups excluding carboxylic acids is 2. The van der Waals surface area contributed by atoms with E-state index in [9.17, 15) is 29.7 Å². The smallest absolute Gasteiger partial charge is 0.351 e. The fraction of sp³-hybridized carbons (Fsp3) is 0.674. The van der Waals surface area contributed by atoms with Crippen molar-refractivity contribution in [2.45, 2.75) is 134 Å². The summed E-state index contributed by atoms with van der Waals surface area (Å²) in [5.74, 6) is 1.77. The second-order valence-electron chi connectivity index (χ2n) is 17.2. The van der Waals surface area contributed by atoms with Gasteiger partial charge in [-0.15, -0.1) is 0 Å². The van der Waals surface area contributed by atoms with E-state index < -0.39 is 54.6 Å². The van der Waals surface area contributed by atoms with Crippen molar-refractivity contribution in [1.29, 1.82) is 0 Å². The first-order chi connectivity index (χ1) is 27.6. The lowest BCUT2D eigenvalue weighted by atomic mass is 9.61. The Morgan fingerprint density at radius 2 is 1.86 bits per heavy atom. The number of nitrogens with zero attached hydrogens (tertiary/aromatic N) is 2. The molecule has 1 aliphatic heterocycles. The van der Waals surface area contributed by atoms with Gasteiger partial charge in [0.25, 0.3) is 0 Å². The summed E-state index contributed by atoms with van der Waals surface area (Å²) < 4.78 is 32.9. The highest BCUT2D eigenvalue weighted by Gasteiger charge is 2.56. The Kier molecular flexibility index (Phi) is 14.8. The van der Waals surface area contributed by atoms with E-state index in [0.717, 1.165) is 54.7 Å². The summed E-state index contributed by atoms with van der Waals surface area (Å²) in [7, 11) is 2.80. The summed E-state index contributed by atoms with van der Waals surface area (Å²) in [6.07, 6.45) is 12.9. The first kappa shape index (κ1) is 44.6. The quantitative estimate of drug-likeness (QED) is 0.0642. The van der Waals surface area contributed by atoms with Gasteiger partial charge in [-0.1, -0.05) is 71.9 Å². The largest absolute Gasteiger partial charge is 0.463 e. The topological polar surface area (TPSA) is 183 Å². The van der Waals surface area contributed by atoms with Gasteiger partial charge >= 0.3 is 17.6 Å². The molecular weight excluding hydrogens is 786 g/mol. The maximum atomic E-state index is 15.4. The van der Waals surface area contributed by atoms with Gasteiger partial charge in [0.15, 0.2) is 11.9 Å². The number of allylic oxidation sites excluding steroid dienone is 4. The molecule has 12 nitrogen and oxygen atoms in total. The standard InChI is InChI=1S/C43H60FN3O9S2/c1-25(7-14-33(49)28-9-10-28)31-12-13-32-27(6-5-18-42(31,32)3)8-11-29-22-30(48)23-34(26(29)2)55-38(51)17-21-58-57-20-16-37(50)54-24-35-39(52)43(4,44)40(56-35)47-19-15-36(45)46-41(47)53/h7-8,11,14-15,19,25,28,30-35,39-40,48-49,52H,2,5-6,9-10,12-13,16-18,20-24H2,1,3-4H3,(H2,45,46,53)/b14-7+,27-8+,29-11-/t25-,30+,31?,32?,33?,34-,35?,39?,40?,42+,43?/m0/s1. The molecule has 5 N–H and O–H groups in total. The Morgan fingerprint density at radius 3 is 2.57 bits per heavy atom. The zero-order valence-corrected chi connectivity index (χ0v) is 35.4. The van der Waals surface area contributed by atoms with Crippen LogP contribution in [0.25, 0.3) is 0 Å². The number of aliphatic hydroxyl groups is 3. The molecule has 0 radical (unpaired) electrons. The maximum Gasteiger partial charge on any atom is 0.351 e. The second-order valence-corrected chi connectivity index (χ2v) is 19.9. The average Bonchev–Trinajstić information content (AvgIpc) is 3.93. The monoisotopic (exact) mass is 845 g/mol. The minimum Gasteiger partial charge on any atom is -0.463 e. The third-order valence-electron chi connectivity index (χ3n) is 13.0. The molecule has 6 rings (SSSR count). The van der Waals surface area contributed by atoms with Crippen molar-refractivity contribution in [3.63, 3.8) is 0 Å². The van der Waals surface area contributed by atoms with Crippen LogP contribution in [0, 0.1) is 29.1 Å². The van der Waals surface area contributed by atoms with Crippen molar-refractivity contribution in [3.05, 3.63) is 70.3 Å². The number of halogens is 1. The Labute approximate surface area is 348 Å². The van der Waals surface area contributed by atoms with Crippen LogP contribution in [0.1, 0.15) is 97.6 Å². The molecule has 0 amide bonds. The first-order valence-corrected chi connectivity index (χ1v) is 23.2. The van der Waals surface area contributed by atoms with Crippen LogP contribution >= 0.6 is 21.6 Å². The van der Waals surface area contributed by atoms with E-state index in [1.54, 1.807) is 0 Å². The molecule has 320 valence electrons. The van der Waals surface area contributed by atoms with Gasteiger partial charge < -0.3 is 35.3 Å². The van der Waals surface area contributed by atoms with Gasteiger partial charge in [0.05, 0.1) is 25.0 Å². The average molecular weight is 846 g/mol. The number of aromatic nitrogens is 2. The van der Waals surface area contributed by atoms with E-state index in [-0.39, 0.29) is 36.1 Å². The fourth-order valence-corrected chi connectivity index (χ4v) is 11.5. The lowest BCUT2D eigenvalue weighted by Gasteiger charge is -2.44. The molecule has 7 unspecified atom stereocenters. The van der Waals surface area contributed by atoms with Gasteiger partial charge in [-0.25, -0.2) is 9.18 Å². The van der Waals surface area contributed by atoms with Crippen molar-refractivity contribution < 1.29 is 43.5 Å². The molecule has 0 spiro atoms. The molecule has 1 saturated heterocycles. The minimum absolute atomic E-state index is 0.0373. The van der Waals surface area contributed by atoms with Gasteiger partial charge in [0.1, 0.15) is 30.7 Å². The van der Waals surface area contributed by atoms with Crippen LogP contribution in [0.2, 0.25) is 0 Å². The van der Waals surface area contributed by atoms with Crippen molar-refractivity contribution in [2.24, 2.45) is 29.1 Å². The van der Waals surface area contributed by atoms with Gasteiger partial charge in [0, 0.05) is 24.1 Å². The minimum atomic E-state index is -2.36. The summed E-state index contributed by atoms with van der Waals surface area (Å²) in [6, 6.07) is 1.31. The summed E-state index contributed by atoms with van der Waals surface area (Å²) in [6.45, 7) is 9.73. The van der Waals surface area contributed by atoms with Gasteiger partial charge in [-0.2, -0.15) is 4.98 Å². The number of fused-ring (bicyclic) bond motifs is 1. The number of esters is 2. The van der Waals surface area contributed by atoms with Crippen LogP contribution in [0.15, 0.2) is 64.7 Å². The lowest BCUT2D eigenvalue weighted by molar-refractivity contribution is -0.150. The number of hydrogen-bond donors (Lipinski definition) is 4. The summed E-state index contributed by atoms with van der Waals surface area (Å²) in [5, 5.41) is 31.7. The van der Waals surface area contributed by atoms with Crippen LogP contribution in [-0.2, 0) is 23.8 Å². The van der Waals surface area contributed by atoms with Crippen LogP contribution in [0.5, 0.6) is 0 Å². The van der Waals surface area contributed by atoms with Crippen molar-refractivity contribution in [3.8, 4) is 0 Å². The van der Waals surface area contributed by atoms with E-state index in [0.29, 0.717) is 48.0 Å². The molecule has 58 heavy (non-hydrogen) atoms. The molecule has 11 atom stereocenters. The first-order valence-electron chi connectivity index (χ1n) is 20.7. The zero-order chi connectivity index (χ0) is 41.8. The molecule has 0 bridgehead atoms. The number of ether oxygens (including phenoxy) is 3. The van der Waals surface area contributed by atoms with Crippen LogP contribution in [0.4, 0.5) is 10.2 Å². The number of hydrogen-bond acceptors (Lipinski definition) is 13. The fourth-order valence-electron chi connectivity index (χ4n) is 9.52. The predicted molar refractivity (Wildman–Crippen MR) is 223 cm³/mol. The van der Waals surface area contributed by atoms with Crippen LogP contribution in [0.3, 0.4) is 0 Å². The number of rotatable bonds is 16. The van der Waals surface area contributed by atoms with Gasteiger partial charge in [-0.3, -0.25) is 14.2 Å². The van der Waals surface area contributed by atoms with E-state index in [4.69, 9.17) is 19.9 Å². The molecule has 0 aromatic carbocycles. The number of carbonyl (C=O) groups is 2. The van der Waals surface area contributed by atoms with Gasteiger partial charge in [-0.05, 0) is 105 Å². The third kappa shape index (κ3) is 10.5. The molecule has 5 aliphatic rings. The van der Waals surface area contributed by atoms with Gasteiger partial charge in [0.2, 0.25) is 0 Å². The summed E-state index contributed by atoms with van der Waals surface area (Å²) >= 11 is 0. The molecular formula is C43H60FN3O9S2. The second kappa shape index (κ2) is 19.2. The van der Waals surface area contributed by atoms with E-state index in [1.807, 2.05) is 6.08 Å². The Morgan fingerprint density at radius 1 is 1.14 bits per heavy atom. The van der Waals surface area contributed by atoms with E-state index in [2.05, 4.69) is 43.6 Å². The van der Waals surface area contributed by atoms with Crippen molar-refractivity contribution in [2.75, 3.05) is 23.8 Å². The number of nitrogens with two attached hydrogens (primary N) is 1.